The zero-order valence-electron chi connectivity index (χ0n) is 17.5. The molecule has 0 rings (SSSR count). The van der Waals surface area contributed by atoms with E-state index in [1.807, 2.05) is 0 Å². The Balaban J connectivity index is 3.29. The number of hydrogen-bond acceptors (Lipinski definition) is 2. The van der Waals surface area contributed by atoms with E-state index in [0.717, 1.165) is 25.7 Å². The molecule has 2 N–H and O–H groups in total. The Bertz CT molecular complexity index is 490. The molecular weight excluding hydrogens is 332 g/mol. The first-order valence-corrected chi connectivity index (χ1v) is 11.0. The van der Waals surface area contributed by atoms with E-state index in [4.69, 9.17) is 5.11 Å². The molecule has 27 heavy (non-hydrogen) atoms. The van der Waals surface area contributed by atoms with Gasteiger partial charge in [-0.3, -0.25) is 0 Å². The predicted molar refractivity (Wildman–Crippen MR) is 116 cm³/mol. The van der Waals surface area contributed by atoms with Gasteiger partial charge >= 0.3 is 0 Å². The van der Waals surface area contributed by atoms with Gasteiger partial charge < -0.3 is 10.2 Å². The summed E-state index contributed by atoms with van der Waals surface area (Å²) in [4.78, 5) is 0. The fourth-order valence-corrected chi connectivity index (χ4v) is 2.88. The minimum atomic E-state index is -0.590. The van der Waals surface area contributed by atoms with E-state index < -0.39 is 6.10 Å². The average Bonchev–Trinajstić information content (AvgIpc) is 2.67. The molecule has 0 saturated heterocycles. The normalized spacial score (nSPS) is 10.8. The van der Waals surface area contributed by atoms with Crippen molar-refractivity contribution in [3.8, 4) is 35.5 Å². The molecule has 0 aliphatic rings. The minimum absolute atomic E-state index is 0.184. The van der Waals surface area contributed by atoms with Gasteiger partial charge in [0, 0.05) is 12.8 Å². The second-order valence-corrected chi connectivity index (χ2v) is 7.13. The molecule has 1 atom stereocenters. The topological polar surface area (TPSA) is 40.5 Å². The maximum Gasteiger partial charge on any atom is 0.115 e. The summed E-state index contributed by atoms with van der Waals surface area (Å²) in [6, 6.07) is 0. The van der Waals surface area contributed by atoms with E-state index in [1.165, 1.54) is 70.6 Å². The molecule has 0 aliphatic heterocycles. The molecule has 0 heterocycles. The van der Waals surface area contributed by atoms with Crippen LogP contribution in [0.15, 0.2) is 0 Å². The SMILES string of the molecule is CCCCCCCCC#CCCCCCCCCC[C@H](O)C#CC#CCO. The van der Waals surface area contributed by atoms with Crippen LogP contribution in [0.1, 0.15) is 110 Å². The summed E-state index contributed by atoms with van der Waals surface area (Å²) < 4.78 is 0. The van der Waals surface area contributed by atoms with Gasteiger partial charge in [0.2, 0.25) is 0 Å². The van der Waals surface area contributed by atoms with Gasteiger partial charge in [0.25, 0.3) is 0 Å². The largest absolute Gasteiger partial charge is 0.384 e. The Kier molecular flexibility index (Phi) is 21.5. The Morgan fingerprint density at radius 2 is 1.15 bits per heavy atom. The Morgan fingerprint density at radius 3 is 1.70 bits per heavy atom. The summed E-state index contributed by atoms with van der Waals surface area (Å²) in [6.07, 6.45) is 18.8. The molecule has 0 bridgehead atoms. The number of aliphatic hydroxyl groups is 2. The average molecular weight is 373 g/mol. The van der Waals surface area contributed by atoms with Crippen molar-refractivity contribution in [3.63, 3.8) is 0 Å². The van der Waals surface area contributed by atoms with Crippen LogP contribution < -0.4 is 0 Å². The van der Waals surface area contributed by atoms with Gasteiger partial charge in [0.1, 0.15) is 12.7 Å². The molecule has 0 aliphatic carbocycles. The summed E-state index contributed by atoms with van der Waals surface area (Å²) >= 11 is 0. The van der Waals surface area contributed by atoms with Gasteiger partial charge in [-0.05, 0) is 37.5 Å². The number of rotatable bonds is 15. The second-order valence-electron chi connectivity index (χ2n) is 7.13. The lowest BCUT2D eigenvalue weighted by Gasteiger charge is -2.03. The Labute approximate surface area is 168 Å². The number of hydrogen-bond donors (Lipinski definition) is 2. The maximum atomic E-state index is 9.66. The van der Waals surface area contributed by atoms with Crippen molar-refractivity contribution < 1.29 is 10.2 Å². The molecule has 0 aromatic carbocycles. The minimum Gasteiger partial charge on any atom is -0.384 e. The van der Waals surface area contributed by atoms with Crippen molar-refractivity contribution in [2.24, 2.45) is 0 Å². The fourth-order valence-electron chi connectivity index (χ4n) is 2.88. The lowest BCUT2D eigenvalue weighted by atomic mass is 10.1. The first-order valence-electron chi connectivity index (χ1n) is 11.0. The van der Waals surface area contributed by atoms with E-state index in [2.05, 4.69) is 42.4 Å². The van der Waals surface area contributed by atoms with Crippen LogP contribution in [0.25, 0.3) is 0 Å². The Morgan fingerprint density at radius 1 is 0.630 bits per heavy atom. The highest BCUT2D eigenvalue weighted by atomic mass is 16.3. The molecule has 0 radical (unpaired) electrons. The third-order valence-corrected chi connectivity index (χ3v) is 4.53. The van der Waals surface area contributed by atoms with E-state index in [1.54, 1.807) is 0 Å². The molecular formula is C25H40O2. The van der Waals surface area contributed by atoms with Crippen LogP contribution in [0.5, 0.6) is 0 Å². The van der Waals surface area contributed by atoms with Crippen molar-refractivity contribution in [2.75, 3.05) is 6.61 Å². The van der Waals surface area contributed by atoms with Crippen LogP contribution >= 0.6 is 0 Å². The first kappa shape index (κ1) is 25.6. The van der Waals surface area contributed by atoms with Crippen LogP contribution in [-0.4, -0.2) is 22.9 Å². The zero-order chi connectivity index (χ0) is 19.8. The lowest BCUT2D eigenvalue weighted by molar-refractivity contribution is 0.217. The lowest BCUT2D eigenvalue weighted by Crippen LogP contribution is -2.01. The van der Waals surface area contributed by atoms with Crippen molar-refractivity contribution in [1.29, 1.82) is 0 Å². The van der Waals surface area contributed by atoms with E-state index in [-0.39, 0.29) is 6.61 Å². The van der Waals surface area contributed by atoms with E-state index in [0.29, 0.717) is 6.42 Å². The van der Waals surface area contributed by atoms with Crippen LogP contribution in [-0.2, 0) is 0 Å². The molecule has 0 unspecified atom stereocenters. The standard InChI is InChI=1S/C25H40O2/c1-2-3-4-5-6-7-8-9-10-11-12-13-14-15-16-17-19-22-25(27)23-20-18-21-24-26/h25-27H,2-8,11-17,19,22,24H2,1H3/t25-/m0/s1. The third-order valence-electron chi connectivity index (χ3n) is 4.53. The molecule has 0 saturated carbocycles. The molecule has 0 spiro atoms. The monoisotopic (exact) mass is 372 g/mol. The molecule has 0 aromatic rings. The molecule has 2 heteroatoms. The number of aliphatic hydroxyl groups excluding tert-OH is 2. The fraction of sp³-hybridized carbons (Fsp3) is 0.760. The highest BCUT2D eigenvalue weighted by Gasteiger charge is 1.98. The smallest absolute Gasteiger partial charge is 0.115 e. The summed E-state index contributed by atoms with van der Waals surface area (Å²) in [5.74, 6) is 16.8. The van der Waals surface area contributed by atoms with Crippen LogP contribution in [0.2, 0.25) is 0 Å². The van der Waals surface area contributed by atoms with Crippen molar-refractivity contribution in [3.05, 3.63) is 0 Å². The first-order chi connectivity index (χ1) is 13.3. The summed E-state index contributed by atoms with van der Waals surface area (Å²) in [5, 5.41) is 18.1. The van der Waals surface area contributed by atoms with Crippen LogP contribution in [0.4, 0.5) is 0 Å². The molecule has 2 nitrogen and oxygen atoms in total. The van der Waals surface area contributed by atoms with Gasteiger partial charge in [-0.1, -0.05) is 83.0 Å². The maximum absolute atomic E-state index is 9.66. The van der Waals surface area contributed by atoms with E-state index >= 15 is 0 Å². The zero-order valence-corrected chi connectivity index (χ0v) is 17.5. The molecule has 0 fully saturated rings. The van der Waals surface area contributed by atoms with Gasteiger partial charge in [-0.2, -0.15) is 0 Å². The Hall–Kier alpha value is -1.40. The molecule has 0 aromatic heterocycles. The van der Waals surface area contributed by atoms with Crippen molar-refractivity contribution in [2.45, 2.75) is 116 Å². The van der Waals surface area contributed by atoms with Crippen molar-refractivity contribution >= 4 is 0 Å². The van der Waals surface area contributed by atoms with Gasteiger partial charge in [0.05, 0.1) is 0 Å². The summed E-state index contributed by atoms with van der Waals surface area (Å²) in [5.41, 5.74) is 0. The molecule has 152 valence electrons. The van der Waals surface area contributed by atoms with Gasteiger partial charge in [-0.15, -0.1) is 11.8 Å². The second kappa shape index (κ2) is 22.6. The van der Waals surface area contributed by atoms with Crippen molar-refractivity contribution in [1.82, 2.24) is 0 Å². The predicted octanol–water partition coefficient (Wildman–Crippen LogP) is 5.61. The summed E-state index contributed by atoms with van der Waals surface area (Å²) in [7, 11) is 0. The highest BCUT2D eigenvalue weighted by Crippen LogP contribution is 2.10. The third kappa shape index (κ3) is 22.6. The van der Waals surface area contributed by atoms with Crippen LogP contribution in [0.3, 0.4) is 0 Å². The van der Waals surface area contributed by atoms with E-state index in [9.17, 15) is 5.11 Å². The van der Waals surface area contributed by atoms with Crippen LogP contribution in [0, 0.1) is 35.5 Å². The van der Waals surface area contributed by atoms with Gasteiger partial charge in [0.15, 0.2) is 0 Å². The summed E-state index contributed by atoms with van der Waals surface area (Å²) in [6.45, 7) is 2.07. The molecule has 0 amide bonds. The quantitative estimate of drug-likeness (QED) is 0.290. The number of unbranched alkanes of at least 4 members (excludes halogenated alkanes) is 13. The highest BCUT2D eigenvalue weighted by molar-refractivity contribution is 5.27. The van der Waals surface area contributed by atoms with Gasteiger partial charge in [-0.25, -0.2) is 0 Å².